The average Bonchev–Trinajstić information content (AvgIpc) is 3.41. The minimum atomic E-state index is 0.267. The van der Waals surface area contributed by atoms with Crippen LogP contribution in [-0.2, 0) is 32.1 Å². The molecule has 0 heterocycles. The summed E-state index contributed by atoms with van der Waals surface area (Å²) in [6, 6.07) is 11.6. The zero-order chi connectivity index (χ0) is 29.3. The molecular weight excluding hydrogens is 508 g/mol. The Hall–Kier alpha value is -2.41. The van der Waals surface area contributed by atoms with Crippen molar-refractivity contribution >= 4 is 11.4 Å². The number of Topliss-reactive ketones (excluding diaryl/α,β-unsaturated/α-hetero) is 1. The maximum absolute atomic E-state index is 13.8. The highest BCUT2D eigenvalue weighted by atomic mass is 16.1. The Morgan fingerprint density at radius 3 is 2.45 bits per heavy atom. The molecule has 1 saturated carbocycles. The first-order valence-corrected chi connectivity index (χ1v) is 17.8. The van der Waals surface area contributed by atoms with Crippen LogP contribution in [0.25, 0.3) is 5.57 Å². The molecule has 1 nitrogen and oxygen atoms in total. The lowest BCUT2D eigenvalue weighted by Gasteiger charge is -2.21. The maximum Gasteiger partial charge on any atom is 0.189 e. The Morgan fingerprint density at radius 2 is 1.69 bits per heavy atom. The molecule has 0 saturated heterocycles. The topological polar surface area (TPSA) is 17.1 Å². The van der Waals surface area contributed by atoms with Gasteiger partial charge in [0.15, 0.2) is 5.78 Å². The van der Waals surface area contributed by atoms with Crippen molar-refractivity contribution in [2.24, 2.45) is 11.8 Å². The van der Waals surface area contributed by atoms with Gasteiger partial charge < -0.3 is 0 Å². The number of aryl methyl sites for hydroxylation is 2. The van der Waals surface area contributed by atoms with E-state index in [1.807, 2.05) is 0 Å². The second-order valence-corrected chi connectivity index (χ2v) is 13.8. The number of ketones is 1. The van der Waals surface area contributed by atoms with Crippen LogP contribution in [0.15, 0.2) is 48.1 Å². The van der Waals surface area contributed by atoms with E-state index in [2.05, 4.69) is 63.3 Å². The van der Waals surface area contributed by atoms with E-state index in [1.54, 1.807) is 0 Å². The quantitative estimate of drug-likeness (QED) is 0.165. The average molecular weight is 565 g/mol. The van der Waals surface area contributed by atoms with E-state index in [9.17, 15) is 4.79 Å². The molecule has 1 heteroatoms. The minimum Gasteiger partial charge on any atom is -0.289 e. The van der Waals surface area contributed by atoms with Crippen LogP contribution in [0.1, 0.15) is 154 Å². The summed E-state index contributed by atoms with van der Waals surface area (Å²) in [6.07, 6.45) is 28.8. The van der Waals surface area contributed by atoms with Crippen LogP contribution in [0.3, 0.4) is 0 Å². The number of rotatable bonds is 14. The molecule has 0 radical (unpaired) electrons. The maximum atomic E-state index is 13.8. The number of hydrogen-bond donors (Lipinski definition) is 0. The molecule has 1 atom stereocenters. The number of unbranched alkanes of at least 4 members (excludes halogenated alkanes) is 1. The van der Waals surface area contributed by atoms with Gasteiger partial charge >= 0.3 is 0 Å². The van der Waals surface area contributed by atoms with E-state index >= 15 is 0 Å². The molecule has 1 unspecified atom stereocenters. The zero-order valence-electron chi connectivity index (χ0n) is 27.0. The Bertz CT molecular complexity index is 1270. The van der Waals surface area contributed by atoms with Crippen LogP contribution in [0.5, 0.6) is 0 Å². The lowest BCUT2D eigenvalue weighted by atomic mass is 9.84. The van der Waals surface area contributed by atoms with Gasteiger partial charge in [0, 0.05) is 17.6 Å². The molecule has 0 N–H and O–H groups in total. The number of allylic oxidation sites excluding steroid dienone is 4. The van der Waals surface area contributed by atoms with E-state index in [-0.39, 0.29) is 5.78 Å². The Morgan fingerprint density at radius 1 is 0.857 bits per heavy atom. The van der Waals surface area contributed by atoms with Gasteiger partial charge in [0.25, 0.3) is 0 Å². The third kappa shape index (κ3) is 7.56. The fraction of sp³-hybridized carbons (Fsp3) is 0.585. The Balaban J connectivity index is 1.32. The summed E-state index contributed by atoms with van der Waals surface area (Å²) >= 11 is 0. The lowest BCUT2D eigenvalue weighted by molar-refractivity contribution is 0.103. The molecule has 3 aliphatic carbocycles. The number of fused-ring (bicyclic) bond motifs is 2. The van der Waals surface area contributed by atoms with Gasteiger partial charge in [0.1, 0.15) is 0 Å². The van der Waals surface area contributed by atoms with Crippen molar-refractivity contribution in [2.75, 3.05) is 0 Å². The predicted octanol–water partition coefficient (Wildman–Crippen LogP) is 11.4. The molecule has 0 amide bonds. The lowest BCUT2D eigenvalue weighted by Crippen LogP contribution is -2.10. The van der Waals surface area contributed by atoms with E-state index in [0.29, 0.717) is 0 Å². The van der Waals surface area contributed by atoms with Gasteiger partial charge in [-0.1, -0.05) is 141 Å². The minimum absolute atomic E-state index is 0.267. The molecule has 0 aromatic heterocycles. The summed E-state index contributed by atoms with van der Waals surface area (Å²) in [5.74, 6) is 1.94. The molecule has 0 bridgehead atoms. The van der Waals surface area contributed by atoms with Crippen molar-refractivity contribution in [3.8, 4) is 0 Å². The Labute approximate surface area is 257 Å². The highest BCUT2D eigenvalue weighted by Crippen LogP contribution is 2.38. The first-order chi connectivity index (χ1) is 20.6. The molecule has 0 spiro atoms. The van der Waals surface area contributed by atoms with Gasteiger partial charge in [0.05, 0.1) is 0 Å². The van der Waals surface area contributed by atoms with Crippen molar-refractivity contribution in [2.45, 2.75) is 143 Å². The van der Waals surface area contributed by atoms with Crippen molar-refractivity contribution in [3.63, 3.8) is 0 Å². The highest BCUT2D eigenvalue weighted by Gasteiger charge is 2.30. The smallest absolute Gasteiger partial charge is 0.189 e. The molecule has 226 valence electrons. The molecular formula is C41H56O. The van der Waals surface area contributed by atoms with Crippen molar-refractivity contribution < 1.29 is 4.79 Å². The van der Waals surface area contributed by atoms with Gasteiger partial charge in [-0.15, -0.1) is 0 Å². The fourth-order valence-electron chi connectivity index (χ4n) is 8.14. The van der Waals surface area contributed by atoms with E-state index in [1.165, 1.54) is 129 Å². The Kier molecular flexibility index (Phi) is 11.3. The zero-order valence-corrected chi connectivity index (χ0v) is 27.0. The molecule has 3 aliphatic rings. The number of benzene rings is 2. The van der Waals surface area contributed by atoms with E-state index in [0.717, 1.165) is 55.1 Å². The standard InChI is InChI=1S/C41H56O/c1-4-7-15-31(13-5-2)27-39-33(14-6-3)24-25-37-40(39)29-36(41(37)42)28-35-23-22-34-21-20-32(26-38(34)35)19-12-18-30-16-10-8-9-11-17-30/h20-21,23-26,28,30-31H,4-19,22,27,29H2,1-3H3/b36-28+. The number of hydrogen-bond acceptors (Lipinski definition) is 1. The number of carbonyl (C=O) groups is 1. The van der Waals surface area contributed by atoms with Crippen LogP contribution in [0, 0.1) is 11.8 Å². The van der Waals surface area contributed by atoms with Gasteiger partial charge in [-0.3, -0.25) is 4.79 Å². The summed E-state index contributed by atoms with van der Waals surface area (Å²) in [7, 11) is 0. The molecule has 42 heavy (non-hydrogen) atoms. The summed E-state index contributed by atoms with van der Waals surface area (Å²) in [5.41, 5.74) is 11.9. The summed E-state index contributed by atoms with van der Waals surface area (Å²) in [6.45, 7) is 6.91. The van der Waals surface area contributed by atoms with Gasteiger partial charge in [-0.2, -0.15) is 0 Å². The van der Waals surface area contributed by atoms with E-state index < -0.39 is 0 Å². The summed E-state index contributed by atoms with van der Waals surface area (Å²) in [5, 5.41) is 0. The molecule has 1 fully saturated rings. The second-order valence-electron chi connectivity index (χ2n) is 13.8. The third-order valence-electron chi connectivity index (χ3n) is 10.5. The highest BCUT2D eigenvalue weighted by molar-refractivity contribution is 6.14. The van der Waals surface area contributed by atoms with Crippen LogP contribution in [-0.4, -0.2) is 5.78 Å². The second kappa shape index (κ2) is 15.4. The first kappa shape index (κ1) is 31.0. The first-order valence-electron chi connectivity index (χ1n) is 17.8. The van der Waals surface area contributed by atoms with Crippen molar-refractivity contribution in [1.82, 2.24) is 0 Å². The summed E-state index contributed by atoms with van der Waals surface area (Å²) < 4.78 is 0. The molecule has 2 aromatic carbocycles. The van der Waals surface area contributed by atoms with Crippen molar-refractivity contribution in [1.29, 1.82) is 0 Å². The monoisotopic (exact) mass is 564 g/mol. The van der Waals surface area contributed by atoms with Crippen LogP contribution in [0.2, 0.25) is 0 Å². The summed E-state index contributed by atoms with van der Waals surface area (Å²) in [4.78, 5) is 13.8. The van der Waals surface area contributed by atoms with Crippen LogP contribution < -0.4 is 0 Å². The SMILES string of the molecule is CCCCC(CCC)Cc1c(CCC)ccc2c1C/C(=C\C1=CCc3ccc(CCCC4CCCCCC4)cc31)C2=O. The molecule has 5 rings (SSSR count). The molecule has 2 aromatic rings. The van der Waals surface area contributed by atoms with Gasteiger partial charge in [-0.25, -0.2) is 0 Å². The largest absolute Gasteiger partial charge is 0.289 e. The van der Waals surface area contributed by atoms with Gasteiger partial charge in [-0.05, 0) is 89.0 Å². The molecule has 0 aliphatic heterocycles. The fourth-order valence-corrected chi connectivity index (χ4v) is 8.14. The van der Waals surface area contributed by atoms with E-state index in [4.69, 9.17) is 0 Å². The predicted molar refractivity (Wildman–Crippen MR) is 180 cm³/mol. The van der Waals surface area contributed by atoms with Gasteiger partial charge in [0.2, 0.25) is 0 Å². The van der Waals surface area contributed by atoms with Crippen LogP contribution in [0.4, 0.5) is 0 Å². The van der Waals surface area contributed by atoms with Crippen molar-refractivity contribution in [3.05, 3.63) is 87.0 Å². The third-order valence-corrected chi connectivity index (χ3v) is 10.5. The number of carbonyl (C=O) groups excluding carboxylic acids is 1. The normalized spacial score (nSPS) is 18.7. The van der Waals surface area contributed by atoms with Crippen LogP contribution >= 0.6 is 0 Å².